The maximum absolute atomic E-state index is 12.7. The summed E-state index contributed by atoms with van der Waals surface area (Å²) in [6, 6.07) is 10.3. The Bertz CT molecular complexity index is 1180. The van der Waals surface area contributed by atoms with Crippen molar-refractivity contribution in [2.75, 3.05) is 26.2 Å². The quantitative estimate of drug-likeness (QED) is 0.563. The number of rotatable bonds is 5. The second kappa shape index (κ2) is 8.76. The molecule has 4 heterocycles. The van der Waals surface area contributed by atoms with Crippen LogP contribution >= 0.6 is 11.3 Å². The molecule has 8 nitrogen and oxygen atoms in total. The van der Waals surface area contributed by atoms with E-state index in [0.29, 0.717) is 36.9 Å². The van der Waals surface area contributed by atoms with Gasteiger partial charge in [-0.25, -0.2) is 8.42 Å². The van der Waals surface area contributed by atoms with E-state index >= 15 is 0 Å². The molecular formula is C22H24N4O4S2. The third-order valence-electron chi connectivity index (χ3n) is 6.05. The number of piperidine rings is 1. The van der Waals surface area contributed by atoms with Crippen LogP contribution in [0.15, 0.2) is 51.2 Å². The van der Waals surface area contributed by atoms with Gasteiger partial charge in [0.05, 0.1) is 15.7 Å². The van der Waals surface area contributed by atoms with E-state index in [4.69, 9.17) is 4.52 Å². The summed E-state index contributed by atoms with van der Waals surface area (Å²) in [7, 11) is -3.45. The van der Waals surface area contributed by atoms with E-state index in [1.807, 2.05) is 22.4 Å². The van der Waals surface area contributed by atoms with Crippen LogP contribution in [0.5, 0.6) is 0 Å². The number of thiophene rings is 1. The Balaban J connectivity index is 1.30. The third kappa shape index (κ3) is 4.10. The summed E-state index contributed by atoms with van der Waals surface area (Å²) in [4.78, 5) is 20.1. The second-order valence-electron chi connectivity index (χ2n) is 8.16. The zero-order valence-electron chi connectivity index (χ0n) is 17.5. The first-order chi connectivity index (χ1) is 15.5. The van der Waals surface area contributed by atoms with Crippen LogP contribution in [-0.4, -0.2) is 59.8 Å². The molecule has 10 heteroatoms. The fourth-order valence-corrected chi connectivity index (χ4v) is 6.50. The molecule has 0 N–H and O–H groups in total. The van der Waals surface area contributed by atoms with Crippen molar-refractivity contribution >= 4 is 27.3 Å². The topological polar surface area (TPSA) is 96.6 Å². The molecule has 0 bridgehead atoms. The van der Waals surface area contributed by atoms with Crippen LogP contribution in [0.4, 0.5) is 0 Å². The predicted octanol–water partition coefficient (Wildman–Crippen LogP) is 3.60. The maximum Gasteiger partial charge on any atom is 0.263 e. The minimum absolute atomic E-state index is 0.0104. The van der Waals surface area contributed by atoms with Crippen LogP contribution in [-0.2, 0) is 10.0 Å². The van der Waals surface area contributed by atoms with Crippen LogP contribution in [0, 0.1) is 0 Å². The second-order valence-corrected chi connectivity index (χ2v) is 11.0. The number of carbonyl (C=O) groups is 1. The average Bonchev–Trinajstić information content (AvgIpc) is 3.61. The molecule has 32 heavy (non-hydrogen) atoms. The molecular weight excluding hydrogens is 448 g/mol. The van der Waals surface area contributed by atoms with Crippen molar-refractivity contribution in [3.63, 3.8) is 0 Å². The van der Waals surface area contributed by atoms with Crippen molar-refractivity contribution in [3.05, 3.63) is 52.5 Å². The minimum Gasteiger partial charge on any atom is -0.339 e. The van der Waals surface area contributed by atoms with Crippen molar-refractivity contribution in [2.45, 2.75) is 36.5 Å². The highest BCUT2D eigenvalue weighted by Crippen LogP contribution is 2.29. The highest BCUT2D eigenvalue weighted by atomic mass is 32.2. The third-order valence-corrected chi connectivity index (χ3v) is 8.82. The van der Waals surface area contributed by atoms with Gasteiger partial charge in [-0.2, -0.15) is 9.29 Å². The lowest BCUT2D eigenvalue weighted by Crippen LogP contribution is -2.38. The monoisotopic (exact) mass is 472 g/mol. The Morgan fingerprint density at radius 1 is 1.06 bits per heavy atom. The molecule has 168 valence electrons. The number of aromatic nitrogens is 2. The van der Waals surface area contributed by atoms with Crippen LogP contribution in [0.25, 0.3) is 11.4 Å². The average molecular weight is 473 g/mol. The molecule has 2 fully saturated rings. The molecule has 1 unspecified atom stereocenters. The summed E-state index contributed by atoms with van der Waals surface area (Å²) in [6.07, 6.45) is 3.56. The van der Waals surface area contributed by atoms with Gasteiger partial charge in [0.1, 0.15) is 0 Å². The molecule has 0 spiro atoms. The predicted molar refractivity (Wildman–Crippen MR) is 120 cm³/mol. The summed E-state index contributed by atoms with van der Waals surface area (Å²) >= 11 is 1.45. The summed E-state index contributed by atoms with van der Waals surface area (Å²) < 4.78 is 32.5. The van der Waals surface area contributed by atoms with Gasteiger partial charge in [0, 0.05) is 31.7 Å². The van der Waals surface area contributed by atoms with Gasteiger partial charge < -0.3 is 9.42 Å². The van der Waals surface area contributed by atoms with E-state index in [2.05, 4.69) is 10.1 Å². The summed E-state index contributed by atoms with van der Waals surface area (Å²) in [6.45, 7) is 2.42. The van der Waals surface area contributed by atoms with Gasteiger partial charge in [-0.15, -0.1) is 11.3 Å². The number of hydrogen-bond acceptors (Lipinski definition) is 7. The van der Waals surface area contributed by atoms with Gasteiger partial charge >= 0.3 is 0 Å². The van der Waals surface area contributed by atoms with E-state index in [1.165, 1.54) is 15.6 Å². The van der Waals surface area contributed by atoms with E-state index in [-0.39, 0.29) is 16.7 Å². The maximum atomic E-state index is 12.7. The molecule has 0 aliphatic carbocycles. The molecule has 3 aromatic rings. The molecule has 1 atom stereocenters. The van der Waals surface area contributed by atoms with Gasteiger partial charge in [-0.1, -0.05) is 11.2 Å². The van der Waals surface area contributed by atoms with Crippen LogP contribution in [0.3, 0.4) is 0 Å². The lowest BCUT2D eigenvalue weighted by atomic mass is 9.98. The summed E-state index contributed by atoms with van der Waals surface area (Å²) in [5, 5.41) is 6.01. The lowest BCUT2D eigenvalue weighted by molar-refractivity contribution is 0.0700. The van der Waals surface area contributed by atoms with Crippen molar-refractivity contribution in [3.8, 4) is 11.4 Å². The summed E-state index contributed by atoms with van der Waals surface area (Å²) in [5.41, 5.74) is 0.697. The zero-order chi connectivity index (χ0) is 22.1. The number of sulfonamides is 1. The van der Waals surface area contributed by atoms with E-state index < -0.39 is 10.0 Å². The zero-order valence-corrected chi connectivity index (χ0v) is 19.1. The Hall–Kier alpha value is -2.56. The van der Waals surface area contributed by atoms with Crippen LogP contribution in [0.2, 0.25) is 0 Å². The molecule has 2 saturated heterocycles. The fraction of sp³-hybridized carbons (Fsp3) is 0.409. The highest BCUT2D eigenvalue weighted by molar-refractivity contribution is 7.89. The minimum atomic E-state index is -3.45. The molecule has 0 radical (unpaired) electrons. The van der Waals surface area contributed by atoms with Crippen molar-refractivity contribution in [1.29, 1.82) is 0 Å². The Labute approximate surface area is 190 Å². The summed E-state index contributed by atoms with van der Waals surface area (Å²) in [5.74, 6) is 0.965. The van der Waals surface area contributed by atoms with Gasteiger partial charge in [0.2, 0.25) is 21.7 Å². The first-order valence-electron chi connectivity index (χ1n) is 10.8. The molecule has 2 aromatic heterocycles. The van der Waals surface area contributed by atoms with Crippen molar-refractivity contribution in [1.82, 2.24) is 19.3 Å². The molecule has 2 aliphatic heterocycles. The number of benzene rings is 1. The fourth-order valence-electron chi connectivity index (χ4n) is 4.29. The van der Waals surface area contributed by atoms with Gasteiger partial charge in [-0.05, 0) is 61.4 Å². The van der Waals surface area contributed by atoms with Gasteiger partial charge in [0.25, 0.3) is 5.91 Å². The molecule has 0 saturated carbocycles. The number of hydrogen-bond donors (Lipinski definition) is 0. The highest BCUT2D eigenvalue weighted by Gasteiger charge is 2.30. The lowest BCUT2D eigenvalue weighted by Gasteiger charge is -2.30. The van der Waals surface area contributed by atoms with E-state index in [9.17, 15) is 13.2 Å². The standard InChI is InChI=1S/C22H24N4O4S2/c27-22(19-6-4-14-31-19)25-11-3-5-17(15-25)21-23-20(24-30-21)16-7-9-18(10-8-16)32(28,29)26-12-1-2-13-26/h4,6-10,14,17H,1-3,5,11-13,15H2. The Morgan fingerprint density at radius 2 is 1.84 bits per heavy atom. The number of amides is 1. The SMILES string of the molecule is O=C(c1cccs1)N1CCCC(c2nc(-c3ccc(S(=O)(=O)N4CCCC4)cc3)no2)C1. The van der Waals surface area contributed by atoms with Crippen molar-refractivity contribution in [2.24, 2.45) is 0 Å². The largest absolute Gasteiger partial charge is 0.339 e. The number of likely N-dealkylation sites (tertiary alicyclic amines) is 1. The van der Waals surface area contributed by atoms with Crippen molar-refractivity contribution < 1.29 is 17.7 Å². The number of carbonyl (C=O) groups excluding carboxylic acids is 1. The Kier molecular flexibility index (Phi) is 5.83. The normalized spacial score (nSPS) is 20.0. The van der Waals surface area contributed by atoms with Gasteiger partial charge in [-0.3, -0.25) is 4.79 Å². The first kappa shape index (κ1) is 21.3. The van der Waals surface area contributed by atoms with Gasteiger partial charge in [0.15, 0.2) is 0 Å². The molecule has 1 aromatic carbocycles. The Morgan fingerprint density at radius 3 is 2.56 bits per heavy atom. The van der Waals surface area contributed by atoms with Crippen LogP contribution < -0.4 is 0 Å². The molecule has 1 amide bonds. The van der Waals surface area contributed by atoms with E-state index in [0.717, 1.165) is 37.1 Å². The van der Waals surface area contributed by atoms with Crippen LogP contribution in [0.1, 0.15) is 47.2 Å². The number of nitrogens with zero attached hydrogens (tertiary/aromatic N) is 4. The first-order valence-corrected chi connectivity index (χ1v) is 13.1. The molecule has 2 aliphatic rings. The smallest absolute Gasteiger partial charge is 0.263 e. The van der Waals surface area contributed by atoms with E-state index in [1.54, 1.807) is 24.3 Å². The molecule has 5 rings (SSSR count).